The Morgan fingerprint density at radius 2 is 1.71 bits per heavy atom. The smallest absolute Gasteiger partial charge is 0.224 e. The van der Waals surface area contributed by atoms with Gasteiger partial charge in [-0.3, -0.25) is 9.59 Å². The SMILES string of the molecule is CCN(Cc1ccccc1)C(=O)CCN(C(C)=O)c1ccc2c(c1)OCCO2. The average Bonchev–Trinajstić information content (AvgIpc) is 2.72. The summed E-state index contributed by atoms with van der Waals surface area (Å²) in [5.74, 6) is 1.21. The van der Waals surface area contributed by atoms with Gasteiger partial charge in [-0.05, 0) is 24.6 Å². The van der Waals surface area contributed by atoms with Crippen molar-refractivity contribution in [2.24, 2.45) is 0 Å². The topological polar surface area (TPSA) is 59.1 Å². The Labute approximate surface area is 165 Å². The van der Waals surface area contributed by atoms with Gasteiger partial charge in [0.05, 0.1) is 0 Å². The molecular formula is C22H26N2O4. The highest BCUT2D eigenvalue weighted by Gasteiger charge is 2.19. The Kier molecular flexibility index (Phi) is 6.53. The minimum atomic E-state index is -0.115. The van der Waals surface area contributed by atoms with Crippen molar-refractivity contribution in [2.45, 2.75) is 26.8 Å². The first-order valence-corrected chi connectivity index (χ1v) is 9.58. The van der Waals surface area contributed by atoms with Crippen LogP contribution in [0.5, 0.6) is 11.5 Å². The molecule has 6 heteroatoms. The molecule has 148 valence electrons. The van der Waals surface area contributed by atoms with E-state index in [4.69, 9.17) is 9.47 Å². The first kappa shape index (κ1) is 19.7. The number of anilines is 1. The molecule has 0 fully saturated rings. The van der Waals surface area contributed by atoms with Gasteiger partial charge in [-0.2, -0.15) is 0 Å². The molecule has 0 atom stereocenters. The van der Waals surface area contributed by atoms with E-state index < -0.39 is 0 Å². The van der Waals surface area contributed by atoms with E-state index in [2.05, 4.69) is 0 Å². The fraction of sp³-hybridized carbons (Fsp3) is 0.364. The fourth-order valence-electron chi connectivity index (χ4n) is 3.21. The van der Waals surface area contributed by atoms with Crippen LogP contribution in [-0.4, -0.2) is 43.0 Å². The summed E-state index contributed by atoms with van der Waals surface area (Å²) in [5.41, 5.74) is 1.80. The van der Waals surface area contributed by atoms with Crippen LogP contribution < -0.4 is 14.4 Å². The van der Waals surface area contributed by atoms with Crippen molar-refractivity contribution >= 4 is 17.5 Å². The molecule has 0 bridgehead atoms. The standard InChI is InChI=1S/C22H26N2O4/c1-3-23(16-18-7-5-4-6-8-18)22(26)11-12-24(17(2)25)19-9-10-20-21(15-19)28-14-13-27-20/h4-10,15H,3,11-14,16H2,1-2H3. The van der Waals surface area contributed by atoms with E-state index in [-0.39, 0.29) is 18.2 Å². The maximum Gasteiger partial charge on any atom is 0.224 e. The van der Waals surface area contributed by atoms with Gasteiger partial charge in [0.2, 0.25) is 11.8 Å². The van der Waals surface area contributed by atoms with Gasteiger partial charge in [0, 0.05) is 44.7 Å². The first-order chi connectivity index (χ1) is 13.6. The number of hydrogen-bond acceptors (Lipinski definition) is 4. The molecule has 0 saturated carbocycles. The highest BCUT2D eigenvalue weighted by atomic mass is 16.6. The van der Waals surface area contributed by atoms with Crippen LogP contribution in [0.1, 0.15) is 25.8 Å². The molecule has 2 aromatic carbocycles. The maximum atomic E-state index is 12.7. The highest BCUT2D eigenvalue weighted by molar-refractivity contribution is 5.92. The van der Waals surface area contributed by atoms with Crippen molar-refractivity contribution in [2.75, 3.05) is 31.2 Å². The first-order valence-electron chi connectivity index (χ1n) is 9.58. The Hall–Kier alpha value is -3.02. The number of amides is 2. The summed E-state index contributed by atoms with van der Waals surface area (Å²) in [6, 6.07) is 15.3. The quantitative estimate of drug-likeness (QED) is 0.738. The molecule has 0 spiro atoms. The van der Waals surface area contributed by atoms with E-state index in [0.717, 1.165) is 5.56 Å². The van der Waals surface area contributed by atoms with Crippen LogP contribution in [0.3, 0.4) is 0 Å². The normalized spacial score (nSPS) is 12.4. The monoisotopic (exact) mass is 382 g/mol. The number of nitrogens with zero attached hydrogens (tertiary/aromatic N) is 2. The zero-order valence-corrected chi connectivity index (χ0v) is 16.4. The second kappa shape index (κ2) is 9.26. The minimum absolute atomic E-state index is 0.0233. The Bertz CT molecular complexity index is 823. The lowest BCUT2D eigenvalue weighted by atomic mass is 10.2. The number of carbonyl (C=O) groups is 2. The van der Waals surface area contributed by atoms with Gasteiger partial charge in [-0.25, -0.2) is 0 Å². The van der Waals surface area contributed by atoms with Gasteiger partial charge in [-0.1, -0.05) is 30.3 Å². The summed E-state index contributed by atoms with van der Waals surface area (Å²) in [5, 5.41) is 0. The lowest BCUT2D eigenvalue weighted by Gasteiger charge is -2.26. The lowest BCUT2D eigenvalue weighted by molar-refractivity contribution is -0.131. The molecule has 1 heterocycles. The molecule has 0 N–H and O–H groups in total. The zero-order valence-electron chi connectivity index (χ0n) is 16.4. The molecule has 2 aromatic rings. The molecule has 0 aromatic heterocycles. The van der Waals surface area contributed by atoms with Gasteiger partial charge in [0.1, 0.15) is 13.2 Å². The summed E-state index contributed by atoms with van der Waals surface area (Å²) >= 11 is 0. The van der Waals surface area contributed by atoms with Crippen molar-refractivity contribution in [1.82, 2.24) is 4.90 Å². The van der Waals surface area contributed by atoms with Crippen molar-refractivity contribution in [3.8, 4) is 11.5 Å². The molecule has 2 amide bonds. The van der Waals surface area contributed by atoms with Gasteiger partial charge >= 0.3 is 0 Å². The molecule has 1 aliphatic rings. The summed E-state index contributed by atoms with van der Waals surface area (Å²) in [4.78, 5) is 28.3. The number of fused-ring (bicyclic) bond motifs is 1. The second-order valence-electron chi connectivity index (χ2n) is 6.64. The number of carbonyl (C=O) groups excluding carboxylic acids is 2. The van der Waals surface area contributed by atoms with E-state index in [9.17, 15) is 9.59 Å². The van der Waals surface area contributed by atoms with Crippen molar-refractivity contribution in [3.05, 3.63) is 54.1 Å². The van der Waals surface area contributed by atoms with Gasteiger partial charge in [0.15, 0.2) is 11.5 Å². The molecule has 0 aliphatic carbocycles. The molecule has 0 radical (unpaired) electrons. The van der Waals surface area contributed by atoms with Gasteiger partial charge in [-0.15, -0.1) is 0 Å². The van der Waals surface area contributed by atoms with Crippen LogP contribution in [0.4, 0.5) is 5.69 Å². The van der Waals surface area contributed by atoms with Crippen molar-refractivity contribution in [3.63, 3.8) is 0 Å². The van der Waals surface area contributed by atoms with E-state index in [1.807, 2.05) is 43.3 Å². The van der Waals surface area contributed by atoms with E-state index in [1.54, 1.807) is 21.9 Å². The largest absolute Gasteiger partial charge is 0.486 e. The molecule has 3 rings (SSSR count). The van der Waals surface area contributed by atoms with E-state index in [0.29, 0.717) is 50.0 Å². The second-order valence-corrected chi connectivity index (χ2v) is 6.64. The van der Waals surface area contributed by atoms with Crippen LogP contribution >= 0.6 is 0 Å². The predicted molar refractivity (Wildman–Crippen MR) is 108 cm³/mol. The zero-order chi connectivity index (χ0) is 19.9. The number of ether oxygens (including phenoxy) is 2. The fourth-order valence-corrected chi connectivity index (χ4v) is 3.21. The van der Waals surface area contributed by atoms with Gasteiger partial charge in [0.25, 0.3) is 0 Å². The third-order valence-corrected chi connectivity index (χ3v) is 4.72. The lowest BCUT2D eigenvalue weighted by Crippen LogP contribution is -2.36. The van der Waals surface area contributed by atoms with E-state index >= 15 is 0 Å². The summed E-state index contributed by atoms with van der Waals surface area (Å²) in [6.45, 7) is 5.98. The number of benzene rings is 2. The van der Waals surface area contributed by atoms with Crippen LogP contribution in [0.15, 0.2) is 48.5 Å². The number of rotatable bonds is 7. The van der Waals surface area contributed by atoms with Gasteiger partial charge < -0.3 is 19.3 Å². The molecule has 28 heavy (non-hydrogen) atoms. The summed E-state index contributed by atoms with van der Waals surface area (Å²) in [6.07, 6.45) is 0.259. The van der Waals surface area contributed by atoms with Crippen LogP contribution in [0, 0.1) is 0 Å². The Morgan fingerprint density at radius 1 is 1.00 bits per heavy atom. The predicted octanol–water partition coefficient (Wildman–Crippen LogP) is 3.25. The molecule has 0 unspecified atom stereocenters. The highest BCUT2D eigenvalue weighted by Crippen LogP contribution is 2.34. The molecule has 1 aliphatic heterocycles. The average molecular weight is 382 g/mol. The van der Waals surface area contributed by atoms with E-state index in [1.165, 1.54) is 6.92 Å². The minimum Gasteiger partial charge on any atom is -0.486 e. The third-order valence-electron chi connectivity index (χ3n) is 4.72. The maximum absolute atomic E-state index is 12.7. The van der Waals surface area contributed by atoms with Crippen molar-refractivity contribution in [1.29, 1.82) is 0 Å². The van der Waals surface area contributed by atoms with Crippen molar-refractivity contribution < 1.29 is 19.1 Å². The molecule has 0 saturated heterocycles. The summed E-state index contributed by atoms with van der Waals surface area (Å²) < 4.78 is 11.1. The van der Waals surface area contributed by atoms with Crippen LogP contribution in [-0.2, 0) is 16.1 Å². The number of hydrogen-bond donors (Lipinski definition) is 0. The van der Waals surface area contributed by atoms with Crippen LogP contribution in [0.25, 0.3) is 0 Å². The van der Waals surface area contributed by atoms with Crippen LogP contribution in [0.2, 0.25) is 0 Å². The molecule has 6 nitrogen and oxygen atoms in total. The third kappa shape index (κ3) is 4.82. The molecular weight excluding hydrogens is 356 g/mol. The Morgan fingerprint density at radius 3 is 2.39 bits per heavy atom. The summed E-state index contributed by atoms with van der Waals surface area (Å²) in [7, 11) is 0. The Balaban J connectivity index is 1.65.